The van der Waals surface area contributed by atoms with Crippen LogP contribution in [-0.2, 0) is 22.5 Å². The van der Waals surface area contributed by atoms with Crippen molar-refractivity contribution in [3.8, 4) is 17.2 Å². The van der Waals surface area contributed by atoms with Crippen LogP contribution in [-0.4, -0.2) is 68.9 Å². The van der Waals surface area contributed by atoms with Crippen LogP contribution in [0, 0.1) is 17.1 Å². The van der Waals surface area contributed by atoms with Crippen molar-refractivity contribution in [3.63, 3.8) is 0 Å². The zero-order valence-corrected chi connectivity index (χ0v) is 20.6. The lowest BCUT2D eigenvalue weighted by Gasteiger charge is -2.11. The summed E-state index contributed by atoms with van der Waals surface area (Å²) in [7, 11) is 3.84. The van der Waals surface area contributed by atoms with Gasteiger partial charge >= 0.3 is 5.76 Å². The van der Waals surface area contributed by atoms with E-state index in [0.717, 1.165) is 31.9 Å². The van der Waals surface area contributed by atoms with Crippen LogP contribution in [0.4, 0.5) is 4.39 Å². The zero-order valence-electron chi connectivity index (χ0n) is 20.6. The first-order chi connectivity index (χ1) is 17.4. The van der Waals surface area contributed by atoms with Gasteiger partial charge in [-0.3, -0.25) is 9.36 Å². The fourth-order valence-electron chi connectivity index (χ4n) is 3.76. The Morgan fingerprint density at radius 2 is 2.03 bits per heavy atom. The van der Waals surface area contributed by atoms with E-state index < -0.39 is 17.6 Å². The number of aromatic nitrogens is 1. The van der Waals surface area contributed by atoms with Crippen molar-refractivity contribution in [1.29, 1.82) is 5.26 Å². The largest absolute Gasteiger partial charge is 0.419 e. The van der Waals surface area contributed by atoms with Gasteiger partial charge in [-0.15, -0.1) is 0 Å². The van der Waals surface area contributed by atoms with Crippen LogP contribution < -0.4 is 16.4 Å². The number of amides is 1. The van der Waals surface area contributed by atoms with Crippen LogP contribution in [0.1, 0.15) is 14.8 Å². The molecule has 4 rings (SSSR count). The standard InChI is InChI=1S/C21H21FN4O3.C5H11NO.2H2/c1-25(2)7-8-26-19-11-15(5-6-20(19)29-21(26)28)14-3-4-16(18(22)10-14)9-17(12-23)24-13-27;1-2-6-3-5-7-4-1;;/h3-6,10-11,13,17H,7-9H2,1-2H3,(H,24,27);6H,1-5H2;2*1H/t17-;;;/m0.../s1. The van der Waals surface area contributed by atoms with Crippen LogP contribution in [0.25, 0.3) is 22.2 Å². The number of hydrogen-bond donors (Lipinski definition) is 2. The van der Waals surface area contributed by atoms with Gasteiger partial charge < -0.3 is 24.7 Å². The highest BCUT2D eigenvalue weighted by molar-refractivity contribution is 5.80. The van der Waals surface area contributed by atoms with Crippen molar-refractivity contribution in [2.75, 3.05) is 46.9 Å². The van der Waals surface area contributed by atoms with Crippen molar-refractivity contribution in [1.82, 2.24) is 20.1 Å². The average molecular weight is 502 g/mol. The Kier molecular flexibility index (Phi) is 10.2. The SMILES string of the molecule is C1CNCCOC1.CN(C)CCn1c(=O)oc2ccc(-c3ccc(C[C@@H](C#N)NC=O)c(F)c3)cc21.[HH].[HH]. The van der Waals surface area contributed by atoms with Crippen molar-refractivity contribution in [3.05, 3.63) is 58.3 Å². The lowest BCUT2D eigenvalue weighted by Crippen LogP contribution is -2.28. The van der Waals surface area contributed by atoms with Crippen LogP contribution in [0.3, 0.4) is 0 Å². The predicted molar refractivity (Wildman–Crippen MR) is 139 cm³/mol. The third-order valence-electron chi connectivity index (χ3n) is 5.74. The molecule has 0 bridgehead atoms. The van der Waals surface area contributed by atoms with E-state index in [0.29, 0.717) is 41.7 Å². The second-order valence-electron chi connectivity index (χ2n) is 8.70. The number of carbonyl (C=O) groups excluding carboxylic acids is 1. The van der Waals surface area contributed by atoms with Gasteiger partial charge in [0.2, 0.25) is 6.41 Å². The lowest BCUT2D eigenvalue weighted by atomic mass is 10.00. The van der Waals surface area contributed by atoms with Gasteiger partial charge in [-0.1, -0.05) is 18.2 Å². The van der Waals surface area contributed by atoms with Gasteiger partial charge in [-0.05, 0) is 62.0 Å². The van der Waals surface area contributed by atoms with Gasteiger partial charge in [0, 0.05) is 35.5 Å². The number of likely N-dealkylation sites (N-methyl/N-ethyl adjacent to an activating group) is 1. The van der Waals surface area contributed by atoms with Crippen LogP contribution in [0.15, 0.2) is 45.6 Å². The smallest absolute Gasteiger partial charge is 0.408 e. The summed E-state index contributed by atoms with van der Waals surface area (Å²) in [5.41, 5.74) is 2.84. The van der Waals surface area contributed by atoms with Gasteiger partial charge in [-0.2, -0.15) is 5.26 Å². The summed E-state index contributed by atoms with van der Waals surface area (Å²) >= 11 is 0. The molecule has 2 heterocycles. The molecule has 0 aliphatic carbocycles. The molecule has 3 aromatic rings. The van der Waals surface area contributed by atoms with Crippen molar-refractivity contribution in [2.24, 2.45) is 0 Å². The second kappa shape index (κ2) is 13.5. The summed E-state index contributed by atoms with van der Waals surface area (Å²) < 4.78 is 26.6. The van der Waals surface area contributed by atoms with E-state index >= 15 is 0 Å². The number of ether oxygens (including phenoxy) is 1. The third kappa shape index (κ3) is 7.49. The number of nitrogens with zero attached hydrogens (tertiary/aromatic N) is 3. The van der Waals surface area contributed by atoms with Gasteiger partial charge in [0.15, 0.2) is 5.58 Å². The molecule has 36 heavy (non-hydrogen) atoms. The number of nitrogens with one attached hydrogen (secondary N) is 2. The maximum Gasteiger partial charge on any atom is 0.419 e. The fraction of sp³-hybridized carbons (Fsp3) is 0.423. The average Bonchev–Trinajstić information content (AvgIpc) is 3.02. The minimum Gasteiger partial charge on any atom is -0.408 e. The second-order valence-corrected chi connectivity index (χ2v) is 8.70. The molecule has 9 nitrogen and oxygen atoms in total. The van der Waals surface area contributed by atoms with E-state index in [9.17, 15) is 14.0 Å². The first-order valence-corrected chi connectivity index (χ1v) is 11.9. The molecule has 10 heteroatoms. The van der Waals surface area contributed by atoms with Gasteiger partial charge in [0.05, 0.1) is 18.2 Å². The summed E-state index contributed by atoms with van der Waals surface area (Å²) in [6, 6.07) is 11.1. The normalized spacial score (nSPS) is 14.4. The molecule has 2 N–H and O–H groups in total. The Balaban J connectivity index is 0.000000697. The maximum absolute atomic E-state index is 14.6. The molecule has 1 aromatic heterocycles. The van der Waals surface area contributed by atoms with Gasteiger partial charge in [-0.25, -0.2) is 9.18 Å². The molecule has 1 fully saturated rings. The number of rotatable bonds is 8. The Labute approximate surface area is 212 Å². The zero-order chi connectivity index (χ0) is 25.9. The topological polar surface area (TPSA) is 113 Å². The summed E-state index contributed by atoms with van der Waals surface area (Å²) in [5, 5.41) is 14.6. The van der Waals surface area contributed by atoms with Crippen molar-refractivity contribution in [2.45, 2.75) is 25.4 Å². The molecule has 2 aromatic carbocycles. The first-order valence-electron chi connectivity index (χ1n) is 11.9. The molecule has 0 spiro atoms. The molecular weight excluding hydrogens is 465 g/mol. The summed E-state index contributed by atoms with van der Waals surface area (Å²) in [5.74, 6) is -0.890. The van der Waals surface area contributed by atoms with Crippen molar-refractivity contribution >= 4 is 17.5 Å². The molecule has 0 radical (unpaired) electrons. The minimum atomic E-state index is -0.790. The molecule has 1 aliphatic heterocycles. The van der Waals surface area contributed by atoms with E-state index in [4.69, 9.17) is 14.4 Å². The summed E-state index contributed by atoms with van der Waals surface area (Å²) in [6.45, 7) is 5.14. The lowest BCUT2D eigenvalue weighted by molar-refractivity contribution is -0.109. The van der Waals surface area contributed by atoms with E-state index in [2.05, 4.69) is 10.6 Å². The van der Waals surface area contributed by atoms with Crippen LogP contribution in [0.2, 0.25) is 0 Å². The first kappa shape index (κ1) is 27.1. The van der Waals surface area contributed by atoms with Gasteiger partial charge in [0.25, 0.3) is 0 Å². The molecule has 0 unspecified atom stereocenters. The highest BCUT2D eigenvalue weighted by Gasteiger charge is 2.14. The number of halogens is 1. The number of fused-ring (bicyclic) bond motifs is 1. The Morgan fingerprint density at radius 1 is 1.25 bits per heavy atom. The Morgan fingerprint density at radius 3 is 2.75 bits per heavy atom. The number of oxazole rings is 1. The van der Waals surface area contributed by atoms with E-state index in [1.807, 2.05) is 25.1 Å². The van der Waals surface area contributed by atoms with Crippen molar-refractivity contribution < 1.29 is 21.2 Å². The fourth-order valence-corrected chi connectivity index (χ4v) is 3.76. The molecule has 1 aliphatic rings. The Bertz CT molecular complexity index is 1240. The quantitative estimate of drug-likeness (QED) is 0.456. The minimum absolute atomic E-state index is 0. The number of nitriles is 1. The highest BCUT2D eigenvalue weighted by Crippen LogP contribution is 2.26. The monoisotopic (exact) mass is 501 g/mol. The van der Waals surface area contributed by atoms with E-state index in [-0.39, 0.29) is 9.27 Å². The molecular formula is C26H36FN5O4. The van der Waals surface area contributed by atoms with E-state index in [1.54, 1.807) is 34.9 Å². The maximum atomic E-state index is 14.6. The number of hydrogen-bond acceptors (Lipinski definition) is 7. The summed E-state index contributed by atoms with van der Waals surface area (Å²) in [6.07, 6.45) is 1.67. The Hall–Kier alpha value is -3.52. The van der Waals surface area contributed by atoms with Gasteiger partial charge in [0.1, 0.15) is 11.9 Å². The molecule has 0 saturated carbocycles. The molecule has 1 amide bonds. The summed E-state index contributed by atoms with van der Waals surface area (Å²) in [4.78, 5) is 24.6. The predicted octanol–water partition coefficient (Wildman–Crippen LogP) is 2.63. The third-order valence-corrected chi connectivity index (χ3v) is 5.74. The van der Waals surface area contributed by atoms with Crippen LogP contribution in [0.5, 0.6) is 0 Å². The van der Waals surface area contributed by atoms with E-state index in [1.165, 1.54) is 12.5 Å². The highest BCUT2D eigenvalue weighted by atomic mass is 19.1. The molecule has 196 valence electrons. The number of carbonyl (C=O) groups is 1. The molecule has 1 atom stereocenters. The molecule has 1 saturated heterocycles. The number of benzene rings is 2. The van der Waals surface area contributed by atoms with Crippen LogP contribution >= 0.6 is 0 Å².